The first kappa shape index (κ1) is 14.9. The lowest BCUT2D eigenvalue weighted by Crippen LogP contribution is -2.24. The van der Waals surface area contributed by atoms with Crippen molar-refractivity contribution in [2.75, 3.05) is 25.6 Å². The van der Waals surface area contributed by atoms with E-state index in [9.17, 15) is 5.11 Å². The van der Waals surface area contributed by atoms with Crippen molar-refractivity contribution < 1.29 is 24.8 Å². The molecule has 1 fully saturated rings. The number of nitrogen functional groups attached to an aromatic ring is 1. The maximum atomic E-state index is 9.83. The molecule has 0 aromatic carbocycles. The Morgan fingerprint density at radius 3 is 2.91 bits per heavy atom. The molecule has 1 saturated heterocycles. The molecule has 3 atom stereocenters. The summed E-state index contributed by atoms with van der Waals surface area (Å²) in [6.07, 6.45) is -0.143. The summed E-state index contributed by atoms with van der Waals surface area (Å²) in [5.74, 6) is 0.173. The summed E-state index contributed by atoms with van der Waals surface area (Å²) in [6, 6.07) is 0. The third-order valence-electron chi connectivity index (χ3n) is 3.43. The van der Waals surface area contributed by atoms with Crippen molar-refractivity contribution >= 4 is 17.1 Å². The Kier molecular flexibility index (Phi) is 4.07. The number of nitrogens with two attached hydrogens (primary N) is 1. The molecule has 1 aliphatic heterocycles. The fourth-order valence-electron chi connectivity index (χ4n) is 2.41. The number of hydrogen-bond acceptors (Lipinski definition) is 9. The van der Waals surface area contributed by atoms with E-state index in [2.05, 4.69) is 15.0 Å². The summed E-state index contributed by atoms with van der Waals surface area (Å²) in [5, 5.41) is 27.8. The Hall–Kier alpha value is -2.01. The molecule has 2 aromatic rings. The quantitative estimate of drug-likeness (QED) is 0.513. The molecule has 10 heteroatoms. The van der Waals surface area contributed by atoms with Crippen molar-refractivity contribution in [3.63, 3.8) is 0 Å². The number of ether oxygens (including phenoxy) is 2. The van der Waals surface area contributed by atoms with Crippen molar-refractivity contribution in [3.05, 3.63) is 6.33 Å². The number of fused-ring (bicyclic) bond motifs is 1. The van der Waals surface area contributed by atoms with Crippen LogP contribution >= 0.6 is 0 Å². The van der Waals surface area contributed by atoms with Crippen LogP contribution in [0.1, 0.15) is 12.6 Å². The largest absolute Gasteiger partial charge is 0.474 e. The molecular formula is C12H17N5O5. The van der Waals surface area contributed by atoms with Gasteiger partial charge >= 0.3 is 0 Å². The molecule has 0 radical (unpaired) electrons. The van der Waals surface area contributed by atoms with E-state index < -0.39 is 18.4 Å². The van der Waals surface area contributed by atoms with Gasteiger partial charge in [0, 0.05) is 6.42 Å². The SMILES string of the molecule is Nc1nc(OCCO)c2ncn([C@H]3C[C@H](O)[C@@H](CO)O3)c2n1. The van der Waals surface area contributed by atoms with Gasteiger partial charge in [0.25, 0.3) is 0 Å². The first-order valence-corrected chi connectivity index (χ1v) is 6.82. The number of anilines is 1. The molecule has 3 rings (SSSR count). The molecule has 10 nitrogen and oxygen atoms in total. The van der Waals surface area contributed by atoms with Gasteiger partial charge in [-0.3, -0.25) is 4.57 Å². The second kappa shape index (κ2) is 6.01. The summed E-state index contributed by atoms with van der Waals surface area (Å²) < 4.78 is 12.5. The van der Waals surface area contributed by atoms with Crippen molar-refractivity contribution in [1.29, 1.82) is 0 Å². The van der Waals surface area contributed by atoms with Crippen LogP contribution in [0.15, 0.2) is 6.33 Å². The molecule has 0 bridgehead atoms. The number of aliphatic hydroxyl groups is 3. The molecule has 0 aliphatic carbocycles. The lowest BCUT2D eigenvalue weighted by Gasteiger charge is -2.13. The molecule has 2 aromatic heterocycles. The zero-order chi connectivity index (χ0) is 15.7. The topological polar surface area (TPSA) is 149 Å². The fourth-order valence-corrected chi connectivity index (χ4v) is 2.41. The molecule has 3 heterocycles. The molecule has 0 amide bonds. The van der Waals surface area contributed by atoms with Gasteiger partial charge in [0.1, 0.15) is 18.9 Å². The Morgan fingerprint density at radius 1 is 1.41 bits per heavy atom. The Balaban J connectivity index is 1.96. The zero-order valence-corrected chi connectivity index (χ0v) is 11.7. The fraction of sp³-hybridized carbons (Fsp3) is 0.583. The highest BCUT2D eigenvalue weighted by Crippen LogP contribution is 2.32. The summed E-state index contributed by atoms with van der Waals surface area (Å²) in [6.45, 7) is -0.377. The smallest absolute Gasteiger partial charge is 0.247 e. The standard InChI is InChI=1S/C12H17N5O5/c13-12-15-10-9(11(16-12)21-2-1-18)14-5-17(10)8-3-6(20)7(4-19)22-8/h5-8,18-20H,1-4H2,(H2,13,15,16)/t6-,7+,8+/m0/s1. The average Bonchev–Trinajstić information content (AvgIpc) is 3.07. The second-order valence-electron chi connectivity index (χ2n) is 4.90. The minimum atomic E-state index is -0.767. The van der Waals surface area contributed by atoms with E-state index in [-0.39, 0.29) is 31.6 Å². The van der Waals surface area contributed by atoms with Crippen molar-refractivity contribution in [2.45, 2.75) is 24.9 Å². The number of hydrogen-bond donors (Lipinski definition) is 4. The van der Waals surface area contributed by atoms with Gasteiger partial charge in [-0.15, -0.1) is 0 Å². The van der Waals surface area contributed by atoms with Gasteiger partial charge in [0.05, 0.1) is 25.6 Å². The lowest BCUT2D eigenvalue weighted by atomic mass is 10.2. The van der Waals surface area contributed by atoms with Gasteiger partial charge in [0.2, 0.25) is 11.8 Å². The van der Waals surface area contributed by atoms with Crippen LogP contribution in [0.25, 0.3) is 11.2 Å². The maximum absolute atomic E-state index is 9.83. The third kappa shape index (κ3) is 2.57. The van der Waals surface area contributed by atoms with E-state index in [0.29, 0.717) is 17.6 Å². The van der Waals surface area contributed by atoms with Gasteiger partial charge in [-0.2, -0.15) is 9.97 Å². The van der Waals surface area contributed by atoms with Gasteiger partial charge in [-0.05, 0) is 0 Å². The van der Waals surface area contributed by atoms with Crippen LogP contribution in [0.4, 0.5) is 5.95 Å². The number of nitrogens with zero attached hydrogens (tertiary/aromatic N) is 4. The number of rotatable bonds is 5. The number of aromatic nitrogens is 4. The van der Waals surface area contributed by atoms with E-state index in [1.165, 1.54) is 6.33 Å². The Labute approximate surface area is 125 Å². The summed E-state index contributed by atoms with van der Waals surface area (Å²) in [5.41, 5.74) is 6.45. The van der Waals surface area contributed by atoms with Gasteiger partial charge < -0.3 is 30.5 Å². The summed E-state index contributed by atoms with van der Waals surface area (Å²) in [4.78, 5) is 12.3. The van der Waals surface area contributed by atoms with Gasteiger partial charge in [-0.25, -0.2) is 4.98 Å². The molecule has 5 N–H and O–H groups in total. The van der Waals surface area contributed by atoms with Crippen LogP contribution in [0.2, 0.25) is 0 Å². The Bertz CT molecular complexity index is 663. The highest BCUT2D eigenvalue weighted by molar-refractivity contribution is 5.77. The van der Waals surface area contributed by atoms with Crippen LogP contribution in [0, 0.1) is 0 Å². The first-order valence-electron chi connectivity index (χ1n) is 6.82. The predicted molar refractivity (Wildman–Crippen MR) is 73.9 cm³/mol. The van der Waals surface area contributed by atoms with Gasteiger partial charge in [0.15, 0.2) is 11.2 Å². The molecule has 120 valence electrons. The van der Waals surface area contributed by atoms with Crippen molar-refractivity contribution in [1.82, 2.24) is 19.5 Å². The highest BCUT2D eigenvalue weighted by Gasteiger charge is 2.35. The molecule has 0 spiro atoms. The van der Waals surface area contributed by atoms with Crippen LogP contribution in [0.3, 0.4) is 0 Å². The summed E-state index contributed by atoms with van der Waals surface area (Å²) in [7, 11) is 0. The molecule has 22 heavy (non-hydrogen) atoms. The van der Waals surface area contributed by atoms with Gasteiger partial charge in [-0.1, -0.05) is 0 Å². The van der Waals surface area contributed by atoms with E-state index in [1.54, 1.807) is 4.57 Å². The summed E-state index contributed by atoms with van der Waals surface area (Å²) >= 11 is 0. The molecule has 1 aliphatic rings. The minimum Gasteiger partial charge on any atom is -0.474 e. The maximum Gasteiger partial charge on any atom is 0.247 e. The monoisotopic (exact) mass is 311 g/mol. The Morgan fingerprint density at radius 2 is 2.23 bits per heavy atom. The minimum absolute atomic E-state index is 0.000515. The van der Waals surface area contributed by atoms with Crippen molar-refractivity contribution in [3.8, 4) is 5.88 Å². The van der Waals surface area contributed by atoms with E-state index in [0.717, 1.165) is 0 Å². The zero-order valence-electron chi connectivity index (χ0n) is 11.7. The molecular weight excluding hydrogens is 294 g/mol. The van der Waals surface area contributed by atoms with Crippen LogP contribution in [-0.4, -0.2) is 66.9 Å². The highest BCUT2D eigenvalue weighted by atomic mass is 16.5. The van der Waals surface area contributed by atoms with E-state index >= 15 is 0 Å². The number of aliphatic hydroxyl groups excluding tert-OH is 3. The second-order valence-corrected chi connectivity index (χ2v) is 4.90. The van der Waals surface area contributed by atoms with E-state index in [1.807, 2.05) is 0 Å². The number of imidazole rings is 1. The van der Waals surface area contributed by atoms with E-state index in [4.69, 9.17) is 25.4 Å². The van der Waals surface area contributed by atoms with Crippen molar-refractivity contribution in [2.24, 2.45) is 0 Å². The normalized spacial score (nSPS) is 25.0. The average molecular weight is 311 g/mol. The lowest BCUT2D eigenvalue weighted by molar-refractivity contribution is -0.0432. The van der Waals surface area contributed by atoms with Crippen LogP contribution < -0.4 is 10.5 Å². The first-order chi connectivity index (χ1) is 10.6. The molecule has 0 unspecified atom stereocenters. The van der Waals surface area contributed by atoms with Crippen LogP contribution in [0.5, 0.6) is 5.88 Å². The predicted octanol–water partition coefficient (Wildman–Crippen LogP) is -1.58. The molecule has 0 saturated carbocycles. The third-order valence-corrected chi connectivity index (χ3v) is 3.43. The van der Waals surface area contributed by atoms with Crippen LogP contribution in [-0.2, 0) is 4.74 Å².